The fraction of sp³-hybridized carbons (Fsp3) is 0.500. The molecule has 0 saturated heterocycles. The van der Waals surface area contributed by atoms with Crippen LogP contribution in [-0.4, -0.2) is 12.6 Å². The number of amides is 1. The molecule has 6 nitrogen and oxygen atoms in total. The van der Waals surface area contributed by atoms with Gasteiger partial charge in [0.15, 0.2) is 18.1 Å². The highest BCUT2D eigenvalue weighted by Gasteiger charge is 2.10. The molecule has 1 N–H and O–H groups in total. The van der Waals surface area contributed by atoms with Crippen LogP contribution >= 0.6 is 0 Å². The monoisotopic (exact) mass is 201 g/mol. The van der Waals surface area contributed by atoms with Crippen molar-refractivity contribution >= 4 is 6.09 Å². The van der Waals surface area contributed by atoms with Gasteiger partial charge in [0.25, 0.3) is 0 Å². The third-order valence-corrected chi connectivity index (χ3v) is 1.49. The molecule has 0 aromatic carbocycles. The van der Waals surface area contributed by atoms with E-state index in [-0.39, 0.29) is 12.4 Å². The normalized spacial score (nSPS) is 9.86. The van der Waals surface area contributed by atoms with Gasteiger partial charge in [0.2, 0.25) is 0 Å². The highest BCUT2D eigenvalue weighted by Crippen LogP contribution is 2.05. The van der Waals surface area contributed by atoms with Crippen LogP contribution in [0.4, 0.5) is 4.79 Å². The molecular formula is C8H11NO5. The van der Waals surface area contributed by atoms with Gasteiger partial charge in [0, 0.05) is 6.54 Å². The molecule has 0 saturated carbocycles. The molecule has 0 aliphatic rings. The average molecular weight is 201 g/mol. The highest BCUT2D eigenvalue weighted by molar-refractivity contribution is 5.66. The minimum Gasteiger partial charge on any atom is -0.441 e. The SMILES string of the molecule is CCNC(=O)OCc1oc(=O)oc1C. The van der Waals surface area contributed by atoms with Crippen molar-refractivity contribution in [3.63, 3.8) is 0 Å². The summed E-state index contributed by atoms with van der Waals surface area (Å²) in [7, 11) is 0. The third kappa shape index (κ3) is 2.65. The van der Waals surface area contributed by atoms with Gasteiger partial charge in [-0.25, -0.2) is 9.59 Å². The topological polar surface area (TPSA) is 81.7 Å². The van der Waals surface area contributed by atoms with E-state index in [1.165, 1.54) is 0 Å². The molecule has 6 heteroatoms. The Morgan fingerprint density at radius 3 is 2.71 bits per heavy atom. The van der Waals surface area contributed by atoms with Crippen molar-refractivity contribution in [2.45, 2.75) is 20.5 Å². The second-order valence-corrected chi connectivity index (χ2v) is 2.54. The molecule has 0 aliphatic heterocycles. The Bertz CT molecular complexity index is 364. The first kappa shape index (κ1) is 10.4. The van der Waals surface area contributed by atoms with Gasteiger partial charge in [0.1, 0.15) is 0 Å². The van der Waals surface area contributed by atoms with Crippen LogP contribution in [-0.2, 0) is 11.3 Å². The molecule has 0 atom stereocenters. The second kappa shape index (κ2) is 4.50. The summed E-state index contributed by atoms with van der Waals surface area (Å²) in [6, 6.07) is 0. The van der Waals surface area contributed by atoms with Crippen LogP contribution in [0.5, 0.6) is 0 Å². The summed E-state index contributed by atoms with van der Waals surface area (Å²) in [4.78, 5) is 21.4. The third-order valence-electron chi connectivity index (χ3n) is 1.49. The average Bonchev–Trinajstić information content (AvgIpc) is 2.42. The molecule has 0 spiro atoms. The van der Waals surface area contributed by atoms with E-state index in [2.05, 4.69) is 14.2 Å². The number of rotatable bonds is 3. The van der Waals surface area contributed by atoms with Crippen molar-refractivity contribution < 1.29 is 18.4 Å². The maximum absolute atomic E-state index is 10.9. The zero-order valence-electron chi connectivity index (χ0n) is 7.96. The number of carbonyl (C=O) groups excluding carboxylic acids is 1. The molecule has 1 heterocycles. The molecule has 0 fully saturated rings. The van der Waals surface area contributed by atoms with Crippen LogP contribution in [0.1, 0.15) is 18.4 Å². The number of carbonyl (C=O) groups is 1. The van der Waals surface area contributed by atoms with Crippen molar-refractivity contribution in [2.75, 3.05) is 6.54 Å². The smallest absolute Gasteiger partial charge is 0.441 e. The quantitative estimate of drug-likeness (QED) is 0.781. The summed E-state index contributed by atoms with van der Waals surface area (Å²) in [6.45, 7) is 3.70. The number of aryl methyl sites for hydroxylation is 1. The van der Waals surface area contributed by atoms with Crippen LogP contribution in [0.15, 0.2) is 13.6 Å². The molecule has 0 bridgehead atoms. The Morgan fingerprint density at radius 1 is 1.50 bits per heavy atom. The fourth-order valence-corrected chi connectivity index (χ4v) is 0.833. The Hall–Kier alpha value is -1.72. The van der Waals surface area contributed by atoms with E-state index >= 15 is 0 Å². The minimum absolute atomic E-state index is 0.108. The van der Waals surface area contributed by atoms with Gasteiger partial charge in [-0.2, -0.15) is 0 Å². The first-order valence-corrected chi connectivity index (χ1v) is 4.13. The molecule has 14 heavy (non-hydrogen) atoms. The van der Waals surface area contributed by atoms with Crippen LogP contribution in [0.25, 0.3) is 0 Å². The van der Waals surface area contributed by atoms with Crippen molar-refractivity contribution in [1.29, 1.82) is 0 Å². The van der Waals surface area contributed by atoms with Gasteiger partial charge in [-0.15, -0.1) is 0 Å². The number of alkyl carbamates (subject to hydrolysis) is 1. The molecule has 1 rings (SSSR count). The Morgan fingerprint density at radius 2 is 2.21 bits per heavy atom. The van der Waals surface area contributed by atoms with Crippen molar-refractivity contribution in [3.8, 4) is 0 Å². The van der Waals surface area contributed by atoms with Gasteiger partial charge in [-0.05, 0) is 13.8 Å². The van der Waals surface area contributed by atoms with E-state index < -0.39 is 11.9 Å². The highest BCUT2D eigenvalue weighted by atomic mass is 16.6. The van der Waals surface area contributed by atoms with Crippen LogP contribution < -0.4 is 11.1 Å². The van der Waals surface area contributed by atoms with Crippen LogP contribution in [0, 0.1) is 6.92 Å². The van der Waals surface area contributed by atoms with Crippen LogP contribution in [0.2, 0.25) is 0 Å². The first-order chi connectivity index (χ1) is 6.63. The lowest BCUT2D eigenvalue weighted by Crippen LogP contribution is -2.23. The molecular weight excluding hydrogens is 190 g/mol. The Labute approximate surface area is 79.8 Å². The van der Waals surface area contributed by atoms with E-state index in [0.29, 0.717) is 12.3 Å². The molecule has 0 radical (unpaired) electrons. The minimum atomic E-state index is -0.794. The number of hydrogen-bond acceptors (Lipinski definition) is 5. The van der Waals surface area contributed by atoms with Gasteiger partial charge in [-0.3, -0.25) is 0 Å². The molecule has 1 aromatic heterocycles. The lowest BCUT2D eigenvalue weighted by atomic mass is 10.4. The zero-order chi connectivity index (χ0) is 10.6. The summed E-state index contributed by atoms with van der Waals surface area (Å²) in [5, 5.41) is 2.43. The maximum atomic E-state index is 10.9. The summed E-state index contributed by atoms with van der Waals surface area (Å²) >= 11 is 0. The number of ether oxygens (including phenoxy) is 1. The standard InChI is InChI=1S/C8H11NO5/c1-3-9-7(10)12-4-6-5(2)13-8(11)14-6/h3-4H2,1-2H3,(H,9,10). The van der Waals surface area contributed by atoms with E-state index in [0.717, 1.165) is 0 Å². The van der Waals surface area contributed by atoms with E-state index in [9.17, 15) is 9.59 Å². The molecule has 0 unspecified atom stereocenters. The summed E-state index contributed by atoms with van der Waals surface area (Å²) in [5.41, 5.74) is 0. The largest absolute Gasteiger partial charge is 0.519 e. The van der Waals surface area contributed by atoms with Crippen molar-refractivity contribution in [2.24, 2.45) is 0 Å². The van der Waals surface area contributed by atoms with E-state index in [1.54, 1.807) is 13.8 Å². The van der Waals surface area contributed by atoms with Crippen LogP contribution in [0.3, 0.4) is 0 Å². The summed E-state index contributed by atoms with van der Waals surface area (Å²) < 4.78 is 13.9. The number of hydrogen-bond donors (Lipinski definition) is 1. The second-order valence-electron chi connectivity index (χ2n) is 2.54. The lowest BCUT2D eigenvalue weighted by Gasteiger charge is -2.02. The van der Waals surface area contributed by atoms with E-state index in [4.69, 9.17) is 4.74 Å². The Balaban J connectivity index is 2.49. The predicted molar refractivity (Wildman–Crippen MR) is 45.8 cm³/mol. The predicted octanol–water partition coefficient (Wildman–Crippen LogP) is 0.787. The van der Waals surface area contributed by atoms with Gasteiger partial charge >= 0.3 is 11.9 Å². The molecule has 78 valence electrons. The van der Waals surface area contributed by atoms with Crippen molar-refractivity contribution in [3.05, 3.63) is 22.1 Å². The lowest BCUT2D eigenvalue weighted by molar-refractivity contribution is 0.130. The summed E-state index contributed by atoms with van der Waals surface area (Å²) in [6.07, 6.45) is -0.559. The van der Waals surface area contributed by atoms with Gasteiger partial charge < -0.3 is 18.9 Å². The molecule has 1 amide bonds. The van der Waals surface area contributed by atoms with E-state index in [1.807, 2.05) is 0 Å². The maximum Gasteiger partial charge on any atom is 0.519 e. The number of nitrogens with one attached hydrogen (secondary N) is 1. The Kier molecular flexibility index (Phi) is 3.33. The fourth-order valence-electron chi connectivity index (χ4n) is 0.833. The zero-order valence-corrected chi connectivity index (χ0v) is 7.96. The van der Waals surface area contributed by atoms with Gasteiger partial charge in [-0.1, -0.05) is 0 Å². The molecule has 0 aliphatic carbocycles. The first-order valence-electron chi connectivity index (χ1n) is 4.13. The van der Waals surface area contributed by atoms with Gasteiger partial charge in [0.05, 0.1) is 0 Å². The summed E-state index contributed by atoms with van der Waals surface area (Å²) in [5.74, 6) is -0.252. The molecule has 1 aromatic rings. The van der Waals surface area contributed by atoms with Crippen molar-refractivity contribution in [1.82, 2.24) is 5.32 Å².